The van der Waals surface area contributed by atoms with Crippen LogP contribution in [0.2, 0.25) is 0 Å². The number of hydrogen-bond donors (Lipinski definition) is 0. The molecular weight excluding hydrogens is 414 g/mol. The van der Waals surface area contributed by atoms with Crippen LogP contribution in [0.3, 0.4) is 0 Å². The second kappa shape index (κ2) is 6.88. The zero-order valence-corrected chi connectivity index (χ0v) is 18.4. The third-order valence-electron chi connectivity index (χ3n) is 7.71. The Morgan fingerprint density at radius 1 is 0.879 bits per heavy atom. The molecule has 1 aliphatic heterocycles. The standard InChI is InChI=1S/C28H23NO4/c1-3-28-21-10-6-4-8-19(21)23(20-9-5-7-11-22(20)28)24-25(28)27(32)29(26(24)31)17-12-14-18(15-13-17)33-16(2)30/h4-15,23-25H,3H2,1-2H3/t23?,24-,25+,28?/m1/s1. The molecule has 0 saturated carbocycles. The normalized spacial score (nSPS) is 26.6. The molecule has 7 rings (SSSR count). The van der Waals surface area contributed by atoms with Crippen LogP contribution in [0.5, 0.6) is 5.75 Å². The predicted octanol–water partition coefficient (Wildman–Crippen LogP) is 4.57. The Morgan fingerprint density at radius 2 is 1.45 bits per heavy atom. The van der Waals surface area contributed by atoms with Gasteiger partial charge in [0, 0.05) is 18.3 Å². The molecule has 1 saturated heterocycles. The first-order chi connectivity index (χ1) is 16.0. The van der Waals surface area contributed by atoms with Crippen LogP contribution in [0.1, 0.15) is 48.4 Å². The maximum absolute atomic E-state index is 14.0. The van der Waals surface area contributed by atoms with E-state index in [0.717, 1.165) is 17.5 Å². The van der Waals surface area contributed by atoms with Crippen LogP contribution in [-0.4, -0.2) is 17.8 Å². The first kappa shape index (κ1) is 19.9. The van der Waals surface area contributed by atoms with Gasteiger partial charge in [0.15, 0.2) is 0 Å². The highest BCUT2D eigenvalue weighted by molar-refractivity contribution is 6.23. The summed E-state index contributed by atoms with van der Waals surface area (Å²) in [5, 5.41) is 0. The average molecular weight is 437 g/mol. The summed E-state index contributed by atoms with van der Waals surface area (Å²) in [5.41, 5.74) is 4.64. The van der Waals surface area contributed by atoms with Crippen molar-refractivity contribution in [2.24, 2.45) is 11.8 Å². The number of anilines is 1. The van der Waals surface area contributed by atoms with Crippen molar-refractivity contribution in [3.05, 3.63) is 95.1 Å². The second-order valence-corrected chi connectivity index (χ2v) is 9.08. The summed E-state index contributed by atoms with van der Waals surface area (Å²) in [7, 11) is 0. The lowest BCUT2D eigenvalue weighted by Crippen LogP contribution is -2.53. The molecule has 3 aliphatic carbocycles. The van der Waals surface area contributed by atoms with Gasteiger partial charge in [-0.25, -0.2) is 4.90 Å². The van der Waals surface area contributed by atoms with Gasteiger partial charge in [0.1, 0.15) is 5.75 Å². The fraction of sp³-hybridized carbons (Fsp3) is 0.250. The van der Waals surface area contributed by atoms with E-state index in [-0.39, 0.29) is 17.7 Å². The van der Waals surface area contributed by atoms with Gasteiger partial charge < -0.3 is 4.74 Å². The zero-order chi connectivity index (χ0) is 22.9. The highest BCUT2D eigenvalue weighted by Crippen LogP contribution is 2.65. The molecule has 4 aliphatic rings. The van der Waals surface area contributed by atoms with Gasteiger partial charge in [-0.05, 0) is 52.9 Å². The van der Waals surface area contributed by atoms with Crippen LogP contribution in [0, 0.1) is 11.8 Å². The first-order valence-electron chi connectivity index (χ1n) is 11.3. The number of carbonyl (C=O) groups excluding carboxylic acids is 3. The quantitative estimate of drug-likeness (QED) is 0.342. The largest absolute Gasteiger partial charge is 0.427 e. The lowest BCUT2D eigenvalue weighted by molar-refractivity contribution is -0.132. The van der Waals surface area contributed by atoms with Crippen LogP contribution < -0.4 is 9.64 Å². The van der Waals surface area contributed by atoms with Gasteiger partial charge in [0.25, 0.3) is 0 Å². The number of hydrogen-bond acceptors (Lipinski definition) is 4. The summed E-state index contributed by atoms with van der Waals surface area (Å²) in [6.45, 7) is 3.45. The summed E-state index contributed by atoms with van der Waals surface area (Å²) in [4.78, 5) is 40.5. The molecule has 33 heavy (non-hydrogen) atoms. The van der Waals surface area contributed by atoms with Gasteiger partial charge in [-0.15, -0.1) is 0 Å². The summed E-state index contributed by atoms with van der Waals surface area (Å²) in [5.74, 6) is -1.36. The number of rotatable bonds is 3. The number of benzene rings is 3. The van der Waals surface area contributed by atoms with Crippen LogP contribution in [0.15, 0.2) is 72.8 Å². The summed E-state index contributed by atoms with van der Waals surface area (Å²) >= 11 is 0. The van der Waals surface area contributed by atoms with Crippen molar-refractivity contribution < 1.29 is 19.1 Å². The average Bonchev–Trinajstić information content (AvgIpc) is 3.10. The minimum atomic E-state index is -0.536. The van der Waals surface area contributed by atoms with Crippen molar-refractivity contribution in [1.82, 2.24) is 0 Å². The summed E-state index contributed by atoms with van der Waals surface area (Å²) < 4.78 is 5.11. The molecule has 2 atom stereocenters. The Bertz CT molecular complexity index is 1280. The zero-order valence-electron chi connectivity index (χ0n) is 18.4. The van der Waals surface area contributed by atoms with E-state index in [1.807, 2.05) is 24.3 Å². The molecule has 3 aromatic rings. The Balaban J connectivity index is 1.53. The molecule has 164 valence electrons. The Kier molecular flexibility index (Phi) is 4.15. The monoisotopic (exact) mass is 437 g/mol. The highest BCUT2D eigenvalue weighted by Gasteiger charge is 2.67. The topological polar surface area (TPSA) is 63.7 Å². The molecule has 0 spiro atoms. The van der Waals surface area contributed by atoms with E-state index < -0.39 is 23.2 Å². The molecule has 1 fully saturated rings. The molecule has 0 unspecified atom stereocenters. The third kappa shape index (κ3) is 2.45. The van der Waals surface area contributed by atoms with E-state index in [4.69, 9.17) is 4.74 Å². The minimum absolute atomic E-state index is 0.141. The van der Waals surface area contributed by atoms with Crippen molar-refractivity contribution in [2.45, 2.75) is 31.6 Å². The number of amides is 2. The SMILES string of the molecule is CCC12c3ccccc3C(c3ccccc31)[C@H]1C(=O)N(c3ccc(OC(C)=O)cc3)C(=O)[C@H]12. The van der Waals surface area contributed by atoms with Crippen molar-refractivity contribution in [2.75, 3.05) is 4.90 Å². The lowest BCUT2D eigenvalue weighted by atomic mass is 9.46. The third-order valence-corrected chi connectivity index (χ3v) is 7.71. The number of carbonyl (C=O) groups is 3. The molecule has 0 radical (unpaired) electrons. The maximum Gasteiger partial charge on any atom is 0.308 e. The molecular formula is C28H23NO4. The van der Waals surface area contributed by atoms with Crippen LogP contribution in [0.25, 0.3) is 0 Å². The Hall–Kier alpha value is -3.73. The van der Waals surface area contributed by atoms with E-state index in [1.165, 1.54) is 23.0 Å². The van der Waals surface area contributed by atoms with E-state index in [1.54, 1.807) is 24.3 Å². The van der Waals surface area contributed by atoms with Gasteiger partial charge in [0.05, 0.1) is 17.5 Å². The highest BCUT2D eigenvalue weighted by atomic mass is 16.5. The molecule has 0 N–H and O–H groups in total. The predicted molar refractivity (Wildman–Crippen MR) is 123 cm³/mol. The molecule has 1 heterocycles. The Labute approximate surface area is 192 Å². The van der Waals surface area contributed by atoms with Crippen LogP contribution in [0.4, 0.5) is 5.69 Å². The number of esters is 1. The molecule has 3 aromatic carbocycles. The van der Waals surface area contributed by atoms with E-state index >= 15 is 0 Å². The lowest BCUT2D eigenvalue weighted by Gasteiger charge is -2.54. The number of imide groups is 1. The molecule has 5 nitrogen and oxygen atoms in total. The first-order valence-corrected chi connectivity index (χ1v) is 11.3. The Morgan fingerprint density at radius 3 is 2.00 bits per heavy atom. The molecule has 2 bridgehead atoms. The van der Waals surface area contributed by atoms with Crippen molar-refractivity contribution in [3.8, 4) is 5.75 Å². The molecule has 5 heteroatoms. The van der Waals surface area contributed by atoms with Crippen molar-refractivity contribution >= 4 is 23.5 Å². The van der Waals surface area contributed by atoms with Crippen molar-refractivity contribution in [3.63, 3.8) is 0 Å². The maximum atomic E-state index is 14.0. The van der Waals surface area contributed by atoms with Crippen molar-refractivity contribution in [1.29, 1.82) is 0 Å². The summed E-state index contributed by atoms with van der Waals surface area (Å²) in [6.07, 6.45) is 0.729. The van der Waals surface area contributed by atoms with Crippen LogP contribution >= 0.6 is 0 Å². The van der Waals surface area contributed by atoms with Gasteiger partial charge in [-0.3, -0.25) is 14.4 Å². The van der Waals surface area contributed by atoms with Crippen LogP contribution in [-0.2, 0) is 19.8 Å². The second-order valence-electron chi connectivity index (χ2n) is 9.08. The van der Waals surface area contributed by atoms with Gasteiger partial charge in [-0.2, -0.15) is 0 Å². The summed E-state index contributed by atoms with van der Waals surface area (Å²) in [6, 6.07) is 23.2. The number of nitrogens with zero attached hydrogens (tertiary/aromatic N) is 1. The van der Waals surface area contributed by atoms with E-state index in [2.05, 4.69) is 31.2 Å². The fourth-order valence-corrected chi connectivity index (χ4v) is 6.61. The minimum Gasteiger partial charge on any atom is -0.427 e. The fourth-order valence-electron chi connectivity index (χ4n) is 6.61. The van der Waals surface area contributed by atoms with Gasteiger partial charge >= 0.3 is 5.97 Å². The van der Waals surface area contributed by atoms with Gasteiger partial charge in [-0.1, -0.05) is 55.5 Å². The van der Waals surface area contributed by atoms with Gasteiger partial charge in [0.2, 0.25) is 11.8 Å². The molecule has 0 aromatic heterocycles. The molecule has 2 amide bonds. The van der Waals surface area contributed by atoms with E-state index in [9.17, 15) is 14.4 Å². The number of ether oxygens (including phenoxy) is 1. The smallest absolute Gasteiger partial charge is 0.308 e. The van der Waals surface area contributed by atoms with E-state index in [0.29, 0.717) is 11.4 Å².